The zero-order valence-corrected chi connectivity index (χ0v) is 15.8. The number of esters is 1. The maximum atomic E-state index is 11.5. The number of hydrogen-bond acceptors (Lipinski definition) is 2. The first-order valence-electron chi connectivity index (χ1n) is 10.2. The molecule has 0 rings (SSSR count). The van der Waals surface area contributed by atoms with E-state index < -0.39 is 0 Å². The number of hydrogen-bond donors (Lipinski definition) is 0. The van der Waals surface area contributed by atoms with Crippen LogP contribution in [0.15, 0.2) is 12.3 Å². The van der Waals surface area contributed by atoms with Crippen LogP contribution in [0.3, 0.4) is 0 Å². The highest BCUT2D eigenvalue weighted by Crippen LogP contribution is 2.10. The number of rotatable bonds is 17. The molecule has 0 heterocycles. The summed E-state index contributed by atoms with van der Waals surface area (Å²) in [4.78, 5) is 11.5. The molecular weight excluding hydrogens is 284 g/mol. The topological polar surface area (TPSA) is 26.3 Å². The molecule has 0 radical (unpaired) electrons. The molecule has 0 aliphatic rings. The van der Waals surface area contributed by atoms with Crippen LogP contribution in [0.25, 0.3) is 0 Å². The Kier molecular flexibility index (Phi) is 18.6. The maximum absolute atomic E-state index is 11.5. The van der Waals surface area contributed by atoms with Gasteiger partial charge >= 0.3 is 5.97 Å². The first-order valence-corrected chi connectivity index (χ1v) is 10.2. The van der Waals surface area contributed by atoms with Gasteiger partial charge in [-0.2, -0.15) is 0 Å². The van der Waals surface area contributed by atoms with E-state index in [1.807, 2.05) is 6.08 Å². The lowest BCUT2D eigenvalue weighted by Crippen LogP contribution is -1.98. The SMILES string of the molecule is CCCCCCCCCC=COC(=O)CCCCCCCCC. The van der Waals surface area contributed by atoms with Gasteiger partial charge in [-0.25, -0.2) is 0 Å². The van der Waals surface area contributed by atoms with E-state index in [1.165, 1.54) is 77.0 Å². The van der Waals surface area contributed by atoms with Crippen LogP contribution >= 0.6 is 0 Å². The molecule has 0 saturated heterocycles. The van der Waals surface area contributed by atoms with E-state index in [1.54, 1.807) is 6.26 Å². The van der Waals surface area contributed by atoms with Crippen molar-refractivity contribution in [3.8, 4) is 0 Å². The highest BCUT2D eigenvalue weighted by atomic mass is 16.5. The molecule has 23 heavy (non-hydrogen) atoms. The van der Waals surface area contributed by atoms with Crippen LogP contribution in [0.4, 0.5) is 0 Å². The Hall–Kier alpha value is -0.790. The number of unbranched alkanes of at least 4 members (excludes halogenated alkanes) is 13. The summed E-state index contributed by atoms with van der Waals surface area (Å²) in [6, 6.07) is 0. The van der Waals surface area contributed by atoms with E-state index in [9.17, 15) is 4.79 Å². The van der Waals surface area contributed by atoms with Crippen molar-refractivity contribution in [1.29, 1.82) is 0 Å². The van der Waals surface area contributed by atoms with Gasteiger partial charge in [0.25, 0.3) is 0 Å². The Morgan fingerprint density at radius 3 is 1.74 bits per heavy atom. The summed E-state index contributed by atoms with van der Waals surface area (Å²) in [6.45, 7) is 4.48. The second-order valence-corrected chi connectivity index (χ2v) is 6.64. The van der Waals surface area contributed by atoms with Crippen LogP contribution in [0.2, 0.25) is 0 Å². The monoisotopic (exact) mass is 324 g/mol. The molecule has 0 spiro atoms. The van der Waals surface area contributed by atoms with Gasteiger partial charge in [-0.3, -0.25) is 4.79 Å². The van der Waals surface area contributed by atoms with Crippen molar-refractivity contribution in [3.63, 3.8) is 0 Å². The molecule has 0 aromatic rings. The number of carbonyl (C=O) groups excluding carboxylic acids is 1. The van der Waals surface area contributed by atoms with Gasteiger partial charge in [0.1, 0.15) is 0 Å². The first kappa shape index (κ1) is 22.2. The summed E-state index contributed by atoms with van der Waals surface area (Å²) in [5.41, 5.74) is 0. The van der Waals surface area contributed by atoms with Crippen LogP contribution in [-0.2, 0) is 9.53 Å². The third-order valence-electron chi connectivity index (χ3n) is 4.25. The van der Waals surface area contributed by atoms with Crippen molar-refractivity contribution in [2.24, 2.45) is 0 Å². The fourth-order valence-corrected chi connectivity index (χ4v) is 2.70. The average molecular weight is 325 g/mol. The van der Waals surface area contributed by atoms with Crippen LogP contribution in [0.1, 0.15) is 117 Å². The lowest BCUT2D eigenvalue weighted by molar-refractivity contribution is -0.138. The molecule has 0 bridgehead atoms. The van der Waals surface area contributed by atoms with Crippen molar-refractivity contribution in [2.45, 2.75) is 117 Å². The van der Waals surface area contributed by atoms with E-state index >= 15 is 0 Å². The number of carbonyl (C=O) groups is 1. The minimum Gasteiger partial charge on any atom is -0.435 e. The Morgan fingerprint density at radius 2 is 1.17 bits per heavy atom. The molecule has 0 aliphatic heterocycles. The zero-order valence-electron chi connectivity index (χ0n) is 15.8. The van der Waals surface area contributed by atoms with E-state index in [4.69, 9.17) is 4.74 Å². The molecule has 136 valence electrons. The third-order valence-corrected chi connectivity index (χ3v) is 4.25. The average Bonchev–Trinajstić information content (AvgIpc) is 2.55. The van der Waals surface area contributed by atoms with Crippen LogP contribution in [0, 0.1) is 0 Å². The largest absolute Gasteiger partial charge is 0.435 e. The Bertz CT molecular complexity index is 271. The lowest BCUT2D eigenvalue weighted by Gasteiger charge is -2.01. The number of ether oxygens (including phenoxy) is 1. The molecule has 0 N–H and O–H groups in total. The van der Waals surface area contributed by atoms with Crippen LogP contribution in [-0.4, -0.2) is 5.97 Å². The molecule has 0 amide bonds. The Labute approximate surface area is 145 Å². The first-order chi connectivity index (χ1) is 11.3. The number of allylic oxidation sites excluding steroid dienone is 1. The second kappa shape index (κ2) is 19.3. The molecule has 0 fully saturated rings. The van der Waals surface area contributed by atoms with Crippen molar-refractivity contribution in [1.82, 2.24) is 0 Å². The van der Waals surface area contributed by atoms with Gasteiger partial charge in [0, 0.05) is 6.42 Å². The van der Waals surface area contributed by atoms with E-state index in [-0.39, 0.29) is 5.97 Å². The molecular formula is C21H40O2. The molecule has 2 nitrogen and oxygen atoms in total. The second-order valence-electron chi connectivity index (χ2n) is 6.64. The predicted octanol–water partition coefficient (Wildman–Crippen LogP) is 7.32. The van der Waals surface area contributed by atoms with Crippen molar-refractivity contribution in [2.75, 3.05) is 0 Å². The van der Waals surface area contributed by atoms with E-state index in [2.05, 4.69) is 13.8 Å². The van der Waals surface area contributed by atoms with Gasteiger partial charge in [0.05, 0.1) is 6.26 Å². The normalized spacial score (nSPS) is 11.2. The molecule has 0 aliphatic carbocycles. The Morgan fingerprint density at radius 1 is 0.696 bits per heavy atom. The van der Waals surface area contributed by atoms with Crippen molar-refractivity contribution < 1.29 is 9.53 Å². The van der Waals surface area contributed by atoms with Gasteiger partial charge < -0.3 is 4.74 Å². The van der Waals surface area contributed by atoms with Crippen LogP contribution in [0.5, 0.6) is 0 Å². The molecule has 0 atom stereocenters. The van der Waals surface area contributed by atoms with Crippen molar-refractivity contribution in [3.05, 3.63) is 12.3 Å². The molecule has 0 unspecified atom stereocenters. The summed E-state index contributed by atoms with van der Waals surface area (Å²) < 4.78 is 5.13. The fourth-order valence-electron chi connectivity index (χ4n) is 2.70. The summed E-state index contributed by atoms with van der Waals surface area (Å²) >= 11 is 0. The van der Waals surface area contributed by atoms with E-state index in [0.29, 0.717) is 6.42 Å². The van der Waals surface area contributed by atoms with Gasteiger partial charge in [-0.05, 0) is 25.3 Å². The standard InChI is InChI=1S/C21H40O2/c1-3-5-7-9-11-12-14-16-18-20-23-21(22)19-17-15-13-10-8-6-4-2/h18,20H,3-17,19H2,1-2H3. The maximum Gasteiger partial charge on any atom is 0.310 e. The quantitative estimate of drug-likeness (QED) is 0.159. The van der Waals surface area contributed by atoms with Gasteiger partial charge in [0.15, 0.2) is 0 Å². The summed E-state index contributed by atoms with van der Waals surface area (Å²) in [7, 11) is 0. The molecule has 2 heteroatoms. The molecule has 0 aromatic carbocycles. The minimum atomic E-state index is -0.0747. The van der Waals surface area contributed by atoms with Gasteiger partial charge in [-0.1, -0.05) is 90.9 Å². The molecule has 0 saturated carbocycles. The predicted molar refractivity (Wildman–Crippen MR) is 100 cm³/mol. The zero-order chi connectivity index (χ0) is 17.0. The lowest BCUT2D eigenvalue weighted by atomic mass is 10.1. The Balaban J connectivity index is 3.25. The highest BCUT2D eigenvalue weighted by molar-refractivity contribution is 5.69. The smallest absolute Gasteiger partial charge is 0.310 e. The van der Waals surface area contributed by atoms with E-state index in [0.717, 1.165) is 19.3 Å². The highest BCUT2D eigenvalue weighted by Gasteiger charge is 2.00. The third kappa shape index (κ3) is 19.2. The summed E-state index contributed by atoms with van der Waals surface area (Å²) in [6.07, 6.45) is 23.1. The van der Waals surface area contributed by atoms with Crippen LogP contribution < -0.4 is 0 Å². The van der Waals surface area contributed by atoms with Gasteiger partial charge in [0.2, 0.25) is 0 Å². The summed E-state index contributed by atoms with van der Waals surface area (Å²) in [5.74, 6) is -0.0747. The van der Waals surface area contributed by atoms with Crippen molar-refractivity contribution >= 4 is 5.97 Å². The summed E-state index contributed by atoms with van der Waals surface area (Å²) in [5, 5.41) is 0. The molecule has 0 aromatic heterocycles. The van der Waals surface area contributed by atoms with Gasteiger partial charge in [-0.15, -0.1) is 0 Å². The fraction of sp³-hybridized carbons (Fsp3) is 0.857. The minimum absolute atomic E-state index is 0.0747.